The highest BCUT2D eigenvalue weighted by molar-refractivity contribution is 9.09. The number of alkyl halides is 1. The zero-order valence-corrected chi connectivity index (χ0v) is 13.2. The summed E-state index contributed by atoms with van der Waals surface area (Å²) in [6.45, 7) is 2.11. The van der Waals surface area contributed by atoms with Crippen molar-refractivity contribution in [3.63, 3.8) is 0 Å². The van der Waals surface area contributed by atoms with Crippen LogP contribution in [0.1, 0.15) is 32.6 Å². The third kappa shape index (κ3) is 3.63. The zero-order valence-electron chi connectivity index (χ0n) is 11.6. The fourth-order valence-electron chi connectivity index (χ4n) is 2.91. The number of allylic oxidation sites excluding steroid dienone is 1. The molecule has 5 heteroatoms. The molecule has 20 heavy (non-hydrogen) atoms. The molecule has 2 bridgehead atoms. The summed E-state index contributed by atoms with van der Waals surface area (Å²) >= 11 is 3.66. The monoisotopic (exact) mass is 344 g/mol. The van der Waals surface area contributed by atoms with Crippen molar-refractivity contribution in [2.24, 2.45) is 0 Å². The molecule has 3 rings (SSSR count). The molecule has 0 aromatic heterocycles. The predicted molar refractivity (Wildman–Crippen MR) is 79.7 cm³/mol. The second kappa shape index (κ2) is 7.58. The average Bonchev–Trinajstić information content (AvgIpc) is 2.44. The smallest absolute Gasteiger partial charge is 0.121 e. The van der Waals surface area contributed by atoms with Crippen molar-refractivity contribution in [1.82, 2.24) is 0 Å². The van der Waals surface area contributed by atoms with Crippen molar-refractivity contribution >= 4 is 15.9 Å². The third-order valence-electron chi connectivity index (χ3n) is 3.97. The first-order chi connectivity index (χ1) is 9.69. The molecule has 6 atom stereocenters. The van der Waals surface area contributed by atoms with Gasteiger partial charge in [-0.2, -0.15) is 0 Å². The summed E-state index contributed by atoms with van der Waals surface area (Å²) in [6.07, 6.45) is 11.5. The summed E-state index contributed by atoms with van der Waals surface area (Å²) in [4.78, 5) is 4.78. The quantitative estimate of drug-likeness (QED) is 0.368. The molecule has 0 unspecified atom stereocenters. The summed E-state index contributed by atoms with van der Waals surface area (Å²) in [7, 11) is 0. The van der Waals surface area contributed by atoms with Crippen LogP contribution in [0.2, 0.25) is 0 Å². The maximum atomic E-state index is 9.05. The Morgan fingerprint density at radius 2 is 2.10 bits per heavy atom. The molecule has 3 aliphatic rings. The van der Waals surface area contributed by atoms with Gasteiger partial charge in [0.25, 0.3) is 0 Å². The standard InChI is InChI=1S/C15H21BrO4/c1-3-5-6-7-12-14-9-15(20-17)13(19-12)8-10(16)11(4-2)18-14/h1,5-6,10-15,17H,4,7-9H2,2H3/t10-,11+,12+,13-,14+,15+/m1/s1. The maximum Gasteiger partial charge on any atom is 0.121 e. The van der Waals surface area contributed by atoms with Crippen molar-refractivity contribution < 1.29 is 19.6 Å². The molecule has 3 heterocycles. The molecule has 0 radical (unpaired) electrons. The molecule has 3 fully saturated rings. The van der Waals surface area contributed by atoms with E-state index in [4.69, 9.17) is 21.2 Å². The van der Waals surface area contributed by atoms with E-state index in [2.05, 4.69) is 33.7 Å². The van der Waals surface area contributed by atoms with Crippen LogP contribution in [0.4, 0.5) is 0 Å². The van der Waals surface area contributed by atoms with Gasteiger partial charge >= 0.3 is 0 Å². The first-order valence-electron chi connectivity index (χ1n) is 7.05. The Hall–Kier alpha value is -0.380. The van der Waals surface area contributed by atoms with Gasteiger partial charge in [-0.1, -0.05) is 34.9 Å². The zero-order chi connectivity index (χ0) is 14.5. The van der Waals surface area contributed by atoms with Crippen LogP contribution in [0.25, 0.3) is 0 Å². The Morgan fingerprint density at radius 1 is 1.35 bits per heavy atom. The normalized spacial score (nSPS) is 41.3. The summed E-state index contributed by atoms with van der Waals surface area (Å²) in [5, 5.41) is 9.05. The topological polar surface area (TPSA) is 47.9 Å². The van der Waals surface area contributed by atoms with Gasteiger partial charge in [0, 0.05) is 11.2 Å². The summed E-state index contributed by atoms with van der Waals surface area (Å²) < 4.78 is 12.2. The lowest BCUT2D eigenvalue weighted by molar-refractivity contribution is -0.334. The molecule has 0 aliphatic carbocycles. The number of hydrogen-bond donors (Lipinski definition) is 1. The van der Waals surface area contributed by atoms with Gasteiger partial charge in [0.1, 0.15) is 6.10 Å². The second-order valence-corrected chi connectivity index (χ2v) is 6.45. The fourth-order valence-corrected chi connectivity index (χ4v) is 3.77. The van der Waals surface area contributed by atoms with Gasteiger partial charge in [0.15, 0.2) is 0 Å². The van der Waals surface area contributed by atoms with E-state index in [0.29, 0.717) is 12.8 Å². The van der Waals surface area contributed by atoms with E-state index in [-0.39, 0.29) is 35.3 Å². The lowest BCUT2D eigenvalue weighted by atomic mass is 9.90. The molecule has 0 amide bonds. The van der Waals surface area contributed by atoms with Crippen molar-refractivity contribution in [1.29, 1.82) is 0 Å². The number of terminal acetylenes is 1. The van der Waals surface area contributed by atoms with E-state index in [1.807, 2.05) is 6.08 Å². The number of fused-ring (bicyclic) bond motifs is 5. The number of halogens is 1. The molecule has 0 aromatic carbocycles. The van der Waals surface area contributed by atoms with E-state index in [0.717, 1.165) is 12.8 Å². The molecule has 3 saturated heterocycles. The number of rotatable bonds is 4. The first-order valence-corrected chi connectivity index (χ1v) is 7.97. The van der Waals surface area contributed by atoms with Crippen LogP contribution in [-0.2, 0) is 14.4 Å². The SMILES string of the molecule is C#CC=CC[C@@H]1O[C@@H]2C[C@@H](Br)[C@H](CC)O[C@H]1C[C@@H]2OO. The summed E-state index contributed by atoms with van der Waals surface area (Å²) in [5.41, 5.74) is 0. The third-order valence-corrected chi connectivity index (χ3v) is 4.94. The van der Waals surface area contributed by atoms with Crippen LogP contribution in [0.3, 0.4) is 0 Å². The van der Waals surface area contributed by atoms with Gasteiger partial charge < -0.3 is 9.47 Å². The van der Waals surface area contributed by atoms with Crippen molar-refractivity contribution in [3.8, 4) is 12.3 Å². The van der Waals surface area contributed by atoms with Crippen LogP contribution in [0.15, 0.2) is 12.2 Å². The predicted octanol–water partition coefficient (Wildman–Crippen LogP) is 2.91. The van der Waals surface area contributed by atoms with Gasteiger partial charge in [0.05, 0.1) is 24.4 Å². The van der Waals surface area contributed by atoms with Crippen LogP contribution in [0, 0.1) is 12.3 Å². The first kappa shape index (κ1) is 16.0. The molecular weight excluding hydrogens is 324 g/mol. The Labute approximate surface area is 128 Å². The minimum atomic E-state index is -0.328. The number of ether oxygens (including phenoxy) is 2. The minimum Gasteiger partial charge on any atom is -0.371 e. The van der Waals surface area contributed by atoms with Crippen LogP contribution in [-0.4, -0.2) is 40.6 Å². The molecule has 0 saturated carbocycles. The summed E-state index contributed by atoms with van der Waals surface area (Å²) in [6, 6.07) is 0. The van der Waals surface area contributed by atoms with Crippen LogP contribution < -0.4 is 0 Å². The van der Waals surface area contributed by atoms with Crippen LogP contribution >= 0.6 is 15.9 Å². The largest absolute Gasteiger partial charge is 0.371 e. The lowest BCUT2D eigenvalue weighted by Gasteiger charge is -2.45. The van der Waals surface area contributed by atoms with Gasteiger partial charge in [-0.25, -0.2) is 4.89 Å². The molecule has 0 spiro atoms. The van der Waals surface area contributed by atoms with E-state index >= 15 is 0 Å². The van der Waals surface area contributed by atoms with Crippen LogP contribution in [0.5, 0.6) is 0 Å². The van der Waals surface area contributed by atoms with Crippen molar-refractivity contribution in [2.75, 3.05) is 0 Å². The summed E-state index contributed by atoms with van der Waals surface area (Å²) in [5.74, 6) is 2.48. The Balaban J connectivity index is 2.12. The van der Waals surface area contributed by atoms with Crippen molar-refractivity contribution in [2.45, 2.75) is 68.0 Å². The molecule has 112 valence electrons. The molecule has 1 N–H and O–H groups in total. The van der Waals surface area contributed by atoms with Crippen molar-refractivity contribution in [3.05, 3.63) is 12.2 Å². The molecule has 3 aliphatic heterocycles. The Morgan fingerprint density at radius 3 is 2.75 bits per heavy atom. The van der Waals surface area contributed by atoms with Gasteiger partial charge in [-0.05, 0) is 25.3 Å². The Bertz CT molecular complexity index is 377. The maximum absolute atomic E-state index is 9.05. The van der Waals surface area contributed by atoms with Gasteiger partial charge in [-0.3, -0.25) is 5.26 Å². The van der Waals surface area contributed by atoms with E-state index in [9.17, 15) is 0 Å². The highest BCUT2D eigenvalue weighted by Crippen LogP contribution is 2.36. The lowest BCUT2D eigenvalue weighted by Crippen LogP contribution is -2.54. The average molecular weight is 345 g/mol. The van der Waals surface area contributed by atoms with E-state index in [1.165, 1.54) is 0 Å². The highest BCUT2D eigenvalue weighted by Gasteiger charge is 2.44. The number of hydrogen-bond acceptors (Lipinski definition) is 4. The molecule has 0 aromatic rings. The van der Waals surface area contributed by atoms with Gasteiger partial charge in [-0.15, -0.1) is 6.42 Å². The van der Waals surface area contributed by atoms with E-state index < -0.39 is 0 Å². The molecular formula is C15H21BrO4. The highest BCUT2D eigenvalue weighted by atomic mass is 79.9. The Kier molecular flexibility index (Phi) is 6.06. The fraction of sp³-hybridized carbons (Fsp3) is 0.733. The molecule has 4 nitrogen and oxygen atoms in total. The minimum absolute atomic E-state index is 0.0370. The second-order valence-electron chi connectivity index (χ2n) is 5.27. The van der Waals surface area contributed by atoms with Gasteiger partial charge in [0.2, 0.25) is 0 Å². The van der Waals surface area contributed by atoms with E-state index in [1.54, 1.807) is 6.08 Å².